The molecule has 0 bridgehead atoms. The Morgan fingerprint density at radius 2 is 1.07 bits per heavy atom. The van der Waals surface area contributed by atoms with Crippen LogP contribution in [0.1, 0.15) is 84.6 Å². The van der Waals surface area contributed by atoms with E-state index in [1.165, 1.54) is 30.3 Å². The van der Waals surface area contributed by atoms with E-state index < -0.39 is 18.1 Å². The van der Waals surface area contributed by atoms with E-state index in [0.717, 1.165) is 34.4 Å². The van der Waals surface area contributed by atoms with Gasteiger partial charge in [0.15, 0.2) is 0 Å². The van der Waals surface area contributed by atoms with Crippen LogP contribution < -0.4 is 41.4 Å². The number of alkyl halides is 6. The zero-order valence-electron chi connectivity index (χ0n) is 40.7. The summed E-state index contributed by atoms with van der Waals surface area (Å²) in [6.45, 7) is 23.6. The lowest BCUT2D eigenvalue weighted by Crippen LogP contribution is -2.27. The van der Waals surface area contributed by atoms with Crippen molar-refractivity contribution in [3.8, 4) is 11.5 Å². The van der Waals surface area contributed by atoms with E-state index >= 15 is 0 Å². The van der Waals surface area contributed by atoms with E-state index in [0.29, 0.717) is 40.7 Å². The van der Waals surface area contributed by atoms with Crippen molar-refractivity contribution in [3.05, 3.63) is 113 Å². The minimum Gasteiger partial charge on any atom is -0.496 e. The summed E-state index contributed by atoms with van der Waals surface area (Å²) < 4.78 is 85.0. The fourth-order valence-electron chi connectivity index (χ4n) is 5.73. The summed E-state index contributed by atoms with van der Waals surface area (Å²) in [6, 6.07) is 16.9. The van der Waals surface area contributed by atoms with E-state index in [1.807, 2.05) is 72.7 Å². The normalized spacial score (nSPS) is 11.8. The molecule has 0 aliphatic heterocycles. The molecule has 0 spiro atoms. The molecular weight excluding hydrogens is 926 g/mol. The summed E-state index contributed by atoms with van der Waals surface area (Å²) >= 11 is 5.63. The highest BCUT2D eigenvalue weighted by Gasteiger charge is 2.34. The monoisotopic (exact) mass is 984 g/mol. The molecule has 0 fully saturated rings. The first-order valence-corrected chi connectivity index (χ1v) is 21.8. The van der Waals surface area contributed by atoms with E-state index in [-0.39, 0.29) is 33.1 Å². The van der Waals surface area contributed by atoms with Crippen LogP contribution in [0, 0.1) is 20.8 Å². The standard InChI is InChI=1S/C16H18ClF3N4.C16H19F3N4O.C16H22N4O/c1-9-8-21-14(24-15(2,3)4)23-13(9)22-10-5-6-12(17)11(7-10)16(18,19)20;1-10-9-20-14(23-15(2,3)4)22-13(10)21-11-6-5-7-12(8-11)24-16(17,18)19;1-11-12(7-6-8-13(11)21-5)18-14-9-10-17-15(19-14)20-16(2,3)4/h5-8H,1-4H3,(H2,21,22,23,24);5-9H,1-4H3,(H2,20,21,22,23);6-10H,1-5H3,(H2,17,18,19,20). The van der Waals surface area contributed by atoms with Gasteiger partial charge in [0.2, 0.25) is 17.8 Å². The van der Waals surface area contributed by atoms with Gasteiger partial charge in [0.05, 0.1) is 17.7 Å². The summed E-state index contributed by atoms with van der Waals surface area (Å²) in [7, 11) is 1.67. The maximum Gasteiger partial charge on any atom is 0.573 e. The summed E-state index contributed by atoms with van der Waals surface area (Å²) in [4.78, 5) is 25.8. The molecule has 0 aliphatic carbocycles. The van der Waals surface area contributed by atoms with Crippen molar-refractivity contribution < 1.29 is 35.8 Å². The number of nitrogens with one attached hydrogen (secondary N) is 6. The van der Waals surface area contributed by atoms with Gasteiger partial charge in [-0.05, 0) is 132 Å². The zero-order chi connectivity index (χ0) is 51.5. The second kappa shape index (κ2) is 22.5. The number of aryl methyl sites for hydroxylation is 2. The van der Waals surface area contributed by atoms with Crippen molar-refractivity contribution in [2.24, 2.45) is 0 Å². The SMILES string of the molecule is COc1cccc(Nc2ccnc(NC(C)(C)C)n2)c1C.Cc1cnc(NC(C)(C)C)nc1Nc1ccc(Cl)c(C(F)(F)F)c1.Cc1cnc(NC(C)(C)C)nc1Nc1cccc(OC(F)(F)F)c1. The Bertz CT molecular complexity index is 2650. The second-order valence-corrected chi connectivity index (χ2v) is 19.0. The van der Waals surface area contributed by atoms with Gasteiger partial charge in [-0.25, -0.2) is 15.0 Å². The van der Waals surface area contributed by atoms with Gasteiger partial charge in [0.25, 0.3) is 0 Å². The molecule has 69 heavy (non-hydrogen) atoms. The van der Waals surface area contributed by atoms with E-state index in [1.54, 1.807) is 45.6 Å². The Labute approximate surface area is 403 Å². The summed E-state index contributed by atoms with van der Waals surface area (Å²) in [5.41, 5.74) is 2.73. The molecular formula is C48H59ClF6N12O2. The molecule has 14 nitrogen and oxygen atoms in total. The molecule has 6 rings (SSSR count). The maximum atomic E-state index is 12.9. The molecule has 0 aliphatic rings. The number of benzene rings is 3. The van der Waals surface area contributed by atoms with Crippen LogP contribution in [0.4, 0.5) is 78.7 Å². The summed E-state index contributed by atoms with van der Waals surface area (Å²) in [5.74, 6) is 3.64. The van der Waals surface area contributed by atoms with Gasteiger partial charge < -0.3 is 41.4 Å². The topological polar surface area (TPSA) is 168 Å². The van der Waals surface area contributed by atoms with Crippen LogP contribution in [-0.2, 0) is 6.18 Å². The molecule has 0 atom stereocenters. The summed E-state index contributed by atoms with van der Waals surface area (Å²) in [5, 5.41) is 18.3. The number of halogens is 7. The zero-order valence-corrected chi connectivity index (χ0v) is 41.5. The Hall–Kier alpha value is -6.83. The second-order valence-electron chi connectivity index (χ2n) is 18.6. The van der Waals surface area contributed by atoms with Crippen molar-refractivity contribution in [3.63, 3.8) is 0 Å². The molecule has 0 saturated carbocycles. The van der Waals surface area contributed by atoms with Crippen LogP contribution >= 0.6 is 11.6 Å². The Morgan fingerprint density at radius 3 is 1.57 bits per heavy atom. The molecule has 0 amide bonds. The number of anilines is 9. The smallest absolute Gasteiger partial charge is 0.496 e. The number of methoxy groups -OCH3 is 1. The van der Waals surface area contributed by atoms with Crippen LogP contribution in [0.3, 0.4) is 0 Å². The van der Waals surface area contributed by atoms with Gasteiger partial charge in [-0.15, -0.1) is 13.2 Å². The molecule has 3 aromatic heterocycles. The number of aromatic nitrogens is 6. The van der Waals surface area contributed by atoms with Crippen molar-refractivity contribution in [1.29, 1.82) is 0 Å². The Kier molecular flexibility index (Phi) is 17.9. The molecule has 0 saturated heterocycles. The van der Waals surface area contributed by atoms with Gasteiger partial charge in [0, 0.05) is 75.0 Å². The van der Waals surface area contributed by atoms with Crippen LogP contribution in [-0.4, -0.2) is 60.0 Å². The maximum absolute atomic E-state index is 12.9. The highest BCUT2D eigenvalue weighted by molar-refractivity contribution is 6.31. The van der Waals surface area contributed by atoms with Crippen molar-refractivity contribution >= 4 is 64.0 Å². The predicted molar refractivity (Wildman–Crippen MR) is 263 cm³/mol. The summed E-state index contributed by atoms with van der Waals surface area (Å²) in [6.07, 6.45) is -4.27. The van der Waals surface area contributed by atoms with Crippen LogP contribution in [0.15, 0.2) is 85.3 Å². The van der Waals surface area contributed by atoms with Gasteiger partial charge in [-0.2, -0.15) is 28.1 Å². The number of rotatable bonds is 11. The Morgan fingerprint density at radius 1 is 0.565 bits per heavy atom. The lowest BCUT2D eigenvalue weighted by Gasteiger charge is -2.21. The number of hydrogen-bond donors (Lipinski definition) is 6. The fourth-order valence-corrected chi connectivity index (χ4v) is 5.95. The third-order valence-corrected chi connectivity index (χ3v) is 9.02. The van der Waals surface area contributed by atoms with Crippen molar-refractivity contribution in [2.75, 3.05) is 39.0 Å². The first-order valence-electron chi connectivity index (χ1n) is 21.4. The first-order chi connectivity index (χ1) is 31.9. The molecule has 3 aromatic carbocycles. The van der Waals surface area contributed by atoms with Crippen molar-refractivity contribution in [2.45, 2.75) is 112 Å². The fraction of sp³-hybridized carbons (Fsp3) is 0.375. The largest absolute Gasteiger partial charge is 0.573 e. The van der Waals surface area contributed by atoms with E-state index in [4.69, 9.17) is 16.3 Å². The van der Waals surface area contributed by atoms with Crippen LogP contribution in [0.25, 0.3) is 0 Å². The minimum absolute atomic E-state index is 0.0789. The molecule has 6 N–H and O–H groups in total. The average Bonchev–Trinajstić information content (AvgIpc) is 3.20. The highest BCUT2D eigenvalue weighted by Crippen LogP contribution is 2.37. The van der Waals surface area contributed by atoms with E-state index in [9.17, 15) is 26.3 Å². The quantitative estimate of drug-likeness (QED) is 0.0679. The van der Waals surface area contributed by atoms with Gasteiger partial charge in [-0.3, -0.25) is 0 Å². The van der Waals surface area contributed by atoms with Crippen LogP contribution in [0.5, 0.6) is 11.5 Å². The molecule has 21 heteroatoms. The molecule has 372 valence electrons. The lowest BCUT2D eigenvalue weighted by molar-refractivity contribution is -0.274. The number of nitrogens with zero attached hydrogens (tertiary/aromatic N) is 6. The average molecular weight is 986 g/mol. The minimum atomic E-state index is -4.73. The molecule has 3 heterocycles. The number of hydrogen-bond acceptors (Lipinski definition) is 14. The predicted octanol–water partition coefficient (Wildman–Crippen LogP) is 13.8. The molecule has 0 unspecified atom stereocenters. The third-order valence-electron chi connectivity index (χ3n) is 8.69. The van der Waals surface area contributed by atoms with Gasteiger partial charge in [0.1, 0.15) is 29.0 Å². The van der Waals surface area contributed by atoms with Gasteiger partial charge in [-0.1, -0.05) is 23.7 Å². The van der Waals surface area contributed by atoms with Gasteiger partial charge >= 0.3 is 12.5 Å². The Balaban J connectivity index is 0.000000226. The van der Waals surface area contributed by atoms with Crippen LogP contribution in [0.2, 0.25) is 5.02 Å². The lowest BCUT2D eigenvalue weighted by atomic mass is 10.1. The molecule has 0 radical (unpaired) electrons. The van der Waals surface area contributed by atoms with E-state index in [2.05, 4.69) is 87.3 Å². The van der Waals surface area contributed by atoms with Crippen molar-refractivity contribution in [1.82, 2.24) is 29.9 Å². The number of ether oxygens (including phenoxy) is 2. The highest BCUT2D eigenvalue weighted by atomic mass is 35.5. The third kappa shape index (κ3) is 19.0. The first kappa shape index (κ1) is 54.8. The molecule has 6 aromatic rings.